The van der Waals surface area contributed by atoms with Crippen molar-refractivity contribution in [3.63, 3.8) is 0 Å². The molecule has 6 aliphatic rings. The van der Waals surface area contributed by atoms with Crippen LogP contribution in [0.2, 0.25) is 0 Å². The summed E-state index contributed by atoms with van der Waals surface area (Å²) in [5.74, 6) is -0.229. The summed E-state index contributed by atoms with van der Waals surface area (Å²) in [5.41, 5.74) is 2.22. The summed E-state index contributed by atoms with van der Waals surface area (Å²) in [6.45, 7) is 11.9. The molecular formula is C41H64O12. The van der Waals surface area contributed by atoms with Crippen LogP contribution in [0.15, 0.2) is 24.3 Å². The monoisotopic (exact) mass is 748 g/mol. The molecule has 12 heteroatoms. The fourth-order valence-corrected chi connectivity index (χ4v) is 10.0. The molecule has 6 fully saturated rings. The number of ether oxygens (including phenoxy) is 6. The lowest BCUT2D eigenvalue weighted by molar-refractivity contribution is -0.208. The summed E-state index contributed by atoms with van der Waals surface area (Å²) in [4.78, 5) is 26.5. The van der Waals surface area contributed by atoms with Gasteiger partial charge in [0.05, 0.1) is 73.8 Å². The molecule has 0 bridgehead atoms. The van der Waals surface area contributed by atoms with Gasteiger partial charge in [-0.05, 0) is 88.7 Å². The molecule has 5 saturated heterocycles. The molecular weight excluding hydrogens is 684 g/mol. The second-order valence-corrected chi connectivity index (χ2v) is 16.9. The van der Waals surface area contributed by atoms with Gasteiger partial charge in [-0.3, -0.25) is 9.59 Å². The molecule has 0 aromatic heterocycles. The number of aliphatic hydroxyl groups is 4. The largest absolute Gasteiger partial charge is 0.394 e. The number of Topliss-reactive ketones (excluding diaryl/α,β-unsaturated/α-hetero) is 2. The second kappa shape index (κ2) is 18.1. The van der Waals surface area contributed by atoms with Gasteiger partial charge >= 0.3 is 0 Å². The minimum Gasteiger partial charge on any atom is -0.394 e. The molecule has 300 valence electrons. The van der Waals surface area contributed by atoms with Crippen LogP contribution in [0.25, 0.3) is 0 Å². The Balaban J connectivity index is 0.928. The lowest BCUT2D eigenvalue weighted by Crippen LogP contribution is -2.56. The lowest BCUT2D eigenvalue weighted by atomic mass is 9.71. The fourth-order valence-electron chi connectivity index (χ4n) is 10.0. The molecule has 1 aliphatic carbocycles. The summed E-state index contributed by atoms with van der Waals surface area (Å²) < 4.78 is 36.6. The molecule has 4 N–H and O–H groups in total. The molecule has 0 spiro atoms. The van der Waals surface area contributed by atoms with E-state index in [1.165, 1.54) is 0 Å². The molecule has 12 nitrogen and oxygen atoms in total. The molecule has 53 heavy (non-hydrogen) atoms. The van der Waals surface area contributed by atoms with Gasteiger partial charge in [-0.25, -0.2) is 0 Å². The first-order valence-corrected chi connectivity index (χ1v) is 20.2. The number of ketones is 2. The van der Waals surface area contributed by atoms with Gasteiger partial charge in [-0.1, -0.05) is 13.2 Å². The van der Waals surface area contributed by atoms with Crippen molar-refractivity contribution in [2.75, 3.05) is 13.7 Å². The first kappa shape index (κ1) is 41.1. The Morgan fingerprint density at radius 1 is 0.849 bits per heavy atom. The Morgan fingerprint density at radius 3 is 2.36 bits per heavy atom. The van der Waals surface area contributed by atoms with Gasteiger partial charge in [0.1, 0.15) is 29.9 Å². The molecule has 1 saturated carbocycles. The Kier molecular flexibility index (Phi) is 14.0. The zero-order chi connectivity index (χ0) is 38.0. The smallest absolute Gasteiger partial charge is 0.135 e. The third-order valence-electron chi connectivity index (χ3n) is 13.2. The normalized spacial score (nSPS) is 43.5. The predicted octanol–water partition coefficient (Wildman–Crippen LogP) is 3.53. The lowest BCUT2D eigenvalue weighted by Gasteiger charge is -2.46. The Labute approximate surface area is 314 Å². The number of hydrogen-bond donors (Lipinski definition) is 4. The van der Waals surface area contributed by atoms with E-state index in [1.807, 2.05) is 6.92 Å². The van der Waals surface area contributed by atoms with Crippen LogP contribution in [-0.4, -0.2) is 131 Å². The van der Waals surface area contributed by atoms with Crippen molar-refractivity contribution >= 4 is 11.6 Å². The predicted molar refractivity (Wildman–Crippen MR) is 194 cm³/mol. The molecule has 0 radical (unpaired) electrons. The molecule has 0 unspecified atom stereocenters. The maximum atomic E-state index is 13.3. The number of fused-ring (bicyclic) bond motifs is 2. The van der Waals surface area contributed by atoms with E-state index >= 15 is 0 Å². The number of hydrogen-bond acceptors (Lipinski definition) is 12. The van der Waals surface area contributed by atoms with E-state index in [9.17, 15) is 30.0 Å². The van der Waals surface area contributed by atoms with Gasteiger partial charge in [0.25, 0.3) is 0 Å². The maximum Gasteiger partial charge on any atom is 0.135 e. The van der Waals surface area contributed by atoms with Crippen molar-refractivity contribution in [1.29, 1.82) is 0 Å². The highest BCUT2D eigenvalue weighted by atomic mass is 16.6. The minimum atomic E-state index is -1.01. The van der Waals surface area contributed by atoms with Crippen LogP contribution in [0, 0.1) is 17.8 Å². The van der Waals surface area contributed by atoms with Crippen LogP contribution in [0.5, 0.6) is 0 Å². The van der Waals surface area contributed by atoms with E-state index in [-0.39, 0.29) is 91.5 Å². The molecule has 17 atom stereocenters. The number of rotatable bonds is 16. The summed E-state index contributed by atoms with van der Waals surface area (Å²) in [6.07, 6.45) is 2.35. The highest BCUT2D eigenvalue weighted by molar-refractivity contribution is 5.79. The van der Waals surface area contributed by atoms with Crippen LogP contribution in [0.4, 0.5) is 0 Å². The van der Waals surface area contributed by atoms with Crippen molar-refractivity contribution in [1.82, 2.24) is 0 Å². The van der Waals surface area contributed by atoms with Gasteiger partial charge in [0.2, 0.25) is 0 Å². The summed E-state index contributed by atoms with van der Waals surface area (Å²) >= 11 is 0. The SMILES string of the molecule is C=C1C[C@H](CCC(=O)C[C@H]2O[C@H]3[C@@H](O)[C@H]4C[C@@H](CC(=O)C[C@@H]5[C@@H](OC)[C@@H](C[C@H](O)CO)O[C@H]5C)CC[C@@H]4O[C@H]3[C@H]2O)O[C@H]1CC[C@H]1CCC(=C)[C@@H](C)O1. The molecule has 6 rings (SSSR count). The van der Waals surface area contributed by atoms with Gasteiger partial charge in [-0.15, -0.1) is 0 Å². The number of carbonyl (C=O) groups excluding carboxylic acids is 2. The van der Waals surface area contributed by atoms with Crippen LogP contribution in [-0.2, 0) is 38.0 Å². The van der Waals surface area contributed by atoms with E-state index < -0.39 is 42.7 Å². The van der Waals surface area contributed by atoms with Crippen LogP contribution < -0.4 is 0 Å². The first-order valence-electron chi connectivity index (χ1n) is 20.2. The Hall–Kier alpha value is -1.58. The second-order valence-electron chi connectivity index (χ2n) is 16.9. The highest BCUT2D eigenvalue weighted by Gasteiger charge is 2.56. The van der Waals surface area contributed by atoms with E-state index in [2.05, 4.69) is 20.1 Å². The minimum absolute atomic E-state index is 0.0192. The third-order valence-corrected chi connectivity index (χ3v) is 13.2. The average Bonchev–Trinajstić information content (AvgIpc) is 3.75. The molecule has 5 aliphatic heterocycles. The first-order chi connectivity index (χ1) is 25.3. The van der Waals surface area contributed by atoms with Gasteiger partial charge in [0, 0.05) is 51.0 Å². The number of methoxy groups -OCH3 is 1. The molecule has 5 heterocycles. The van der Waals surface area contributed by atoms with Crippen LogP contribution in [0.1, 0.15) is 104 Å². The van der Waals surface area contributed by atoms with Gasteiger partial charge in [-0.2, -0.15) is 0 Å². The van der Waals surface area contributed by atoms with Crippen molar-refractivity contribution in [3.8, 4) is 0 Å². The quantitative estimate of drug-likeness (QED) is 0.170. The molecule has 0 aromatic rings. The number of carbonyl (C=O) groups is 2. The topological polar surface area (TPSA) is 170 Å². The molecule has 0 amide bonds. The van der Waals surface area contributed by atoms with Gasteiger partial charge < -0.3 is 48.8 Å². The summed E-state index contributed by atoms with van der Waals surface area (Å²) in [5, 5.41) is 41.9. The average molecular weight is 749 g/mol. The van der Waals surface area contributed by atoms with Crippen molar-refractivity contribution in [2.45, 2.75) is 189 Å². The van der Waals surface area contributed by atoms with E-state index in [0.717, 1.165) is 49.7 Å². The third kappa shape index (κ3) is 9.70. The van der Waals surface area contributed by atoms with Crippen molar-refractivity contribution < 1.29 is 58.4 Å². The zero-order valence-corrected chi connectivity index (χ0v) is 31.9. The number of aliphatic hydroxyl groups excluding tert-OH is 4. The van der Waals surface area contributed by atoms with Crippen molar-refractivity contribution in [3.05, 3.63) is 24.3 Å². The highest BCUT2D eigenvalue weighted by Crippen LogP contribution is 2.45. The Morgan fingerprint density at radius 2 is 1.62 bits per heavy atom. The van der Waals surface area contributed by atoms with Crippen LogP contribution in [0.3, 0.4) is 0 Å². The van der Waals surface area contributed by atoms with Crippen LogP contribution >= 0.6 is 0 Å². The van der Waals surface area contributed by atoms with Crippen molar-refractivity contribution in [2.24, 2.45) is 17.8 Å². The summed E-state index contributed by atoms with van der Waals surface area (Å²) in [6, 6.07) is 0. The van der Waals surface area contributed by atoms with E-state index in [4.69, 9.17) is 28.4 Å². The standard InChI is InChI=1S/C41H64O12/c1-21-6-9-29(49-23(21)3)11-13-33-22(2)14-30(51-33)10-8-26(43)18-35-38(47)41-40(53-35)37(46)32-16-25(7-12-34(32)52-41)15-27(44)17-31-24(4)50-36(39(31)48-5)19-28(45)20-42/h23-25,28-42,45-47H,1-2,6-20H2,3-5H3/t23-,24+,25-,28+,29-,30+,31+,32+,33+,34+,35-,36-,37+,38+,39-,40+,41+/m1/s1. The van der Waals surface area contributed by atoms with E-state index in [0.29, 0.717) is 38.5 Å². The van der Waals surface area contributed by atoms with E-state index in [1.54, 1.807) is 7.11 Å². The maximum absolute atomic E-state index is 13.3. The molecule has 0 aromatic carbocycles. The Bertz CT molecular complexity index is 1290. The zero-order valence-electron chi connectivity index (χ0n) is 31.9. The van der Waals surface area contributed by atoms with Gasteiger partial charge in [0.15, 0.2) is 0 Å². The fraction of sp³-hybridized carbons (Fsp3) is 0.854. The summed E-state index contributed by atoms with van der Waals surface area (Å²) in [7, 11) is 1.58.